The van der Waals surface area contributed by atoms with E-state index in [1.165, 1.54) is 18.3 Å². The van der Waals surface area contributed by atoms with Gasteiger partial charge in [0, 0.05) is 35.8 Å². The molecular formula is C18H20ClF2N3O2. The maximum absolute atomic E-state index is 12.5. The summed E-state index contributed by atoms with van der Waals surface area (Å²) >= 11 is 6.03. The van der Waals surface area contributed by atoms with E-state index >= 15 is 0 Å². The van der Waals surface area contributed by atoms with Gasteiger partial charge < -0.3 is 15.2 Å². The molecule has 1 aliphatic carbocycles. The minimum absolute atomic E-state index is 0.0274. The van der Waals surface area contributed by atoms with Gasteiger partial charge in [-0.25, -0.2) is 4.98 Å². The summed E-state index contributed by atoms with van der Waals surface area (Å²) in [6.45, 7) is -1.06. The molecule has 0 amide bonds. The van der Waals surface area contributed by atoms with Crippen molar-refractivity contribution >= 4 is 17.3 Å². The van der Waals surface area contributed by atoms with Crippen LogP contribution in [0.1, 0.15) is 32.6 Å². The van der Waals surface area contributed by atoms with Crippen molar-refractivity contribution < 1.29 is 18.6 Å². The molecule has 2 aromatic heterocycles. The molecule has 3 rings (SSSR count). The average molecular weight is 384 g/mol. The van der Waals surface area contributed by atoms with Gasteiger partial charge >= 0.3 is 6.61 Å². The zero-order chi connectivity index (χ0) is 18.7. The Labute approximate surface area is 155 Å². The van der Waals surface area contributed by atoms with Crippen LogP contribution >= 0.6 is 11.6 Å². The van der Waals surface area contributed by atoms with Gasteiger partial charge in [0.05, 0.1) is 11.3 Å². The van der Waals surface area contributed by atoms with Crippen LogP contribution in [0.5, 0.6) is 5.75 Å². The Morgan fingerprint density at radius 1 is 1.31 bits per heavy atom. The highest BCUT2D eigenvalue weighted by atomic mass is 35.5. The molecule has 5 nitrogen and oxygen atoms in total. The molecule has 1 fully saturated rings. The Balaban J connectivity index is 1.84. The second kappa shape index (κ2) is 7.72. The summed E-state index contributed by atoms with van der Waals surface area (Å²) in [5, 5.41) is 13.8. The number of rotatable bonds is 5. The third-order valence-electron chi connectivity index (χ3n) is 4.53. The second-order valence-electron chi connectivity index (χ2n) is 6.72. The number of nitrogens with zero attached hydrogens (tertiary/aromatic N) is 2. The van der Waals surface area contributed by atoms with Gasteiger partial charge in [-0.2, -0.15) is 8.78 Å². The van der Waals surface area contributed by atoms with Crippen molar-refractivity contribution in [2.45, 2.75) is 50.9 Å². The number of nitrogens with one attached hydrogen (secondary N) is 1. The van der Waals surface area contributed by atoms with E-state index < -0.39 is 12.2 Å². The Morgan fingerprint density at radius 3 is 2.73 bits per heavy atom. The van der Waals surface area contributed by atoms with E-state index in [0.717, 1.165) is 18.5 Å². The maximum atomic E-state index is 12.5. The summed E-state index contributed by atoms with van der Waals surface area (Å²) in [4.78, 5) is 8.31. The quantitative estimate of drug-likeness (QED) is 0.744. The number of alkyl halides is 2. The molecule has 0 atom stereocenters. The predicted octanol–water partition coefficient (Wildman–Crippen LogP) is 4.50. The molecule has 2 aromatic rings. The molecular weight excluding hydrogens is 364 g/mol. The molecule has 0 saturated heterocycles. The topological polar surface area (TPSA) is 67.3 Å². The van der Waals surface area contributed by atoms with Gasteiger partial charge in [0.2, 0.25) is 0 Å². The Morgan fingerprint density at radius 2 is 2.04 bits per heavy atom. The maximum Gasteiger partial charge on any atom is 0.387 e. The fourth-order valence-electron chi connectivity index (χ4n) is 3.09. The molecule has 1 aliphatic rings. The van der Waals surface area contributed by atoms with Gasteiger partial charge in [-0.05, 0) is 44.7 Å². The van der Waals surface area contributed by atoms with E-state index in [1.807, 2.05) is 6.92 Å². The second-order valence-corrected chi connectivity index (χ2v) is 7.11. The molecule has 0 radical (unpaired) electrons. The third kappa shape index (κ3) is 4.80. The average Bonchev–Trinajstić information content (AvgIpc) is 2.57. The highest BCUT2D eigenvalue weighted by molar-refractivity contribution is 6.29. The molecule has 0 bridgehead atoms. The van der Waals surface area contributed by atoms with Crippen LogP contribution in [0.2, 0.25) is 5.15 Å². The first-order valence-electron chi connectivity index (χ1n) is 8.38. The predicted molar refractivity (Wildman–Crippen MR) is 95.6 cm³/mol. The molecule has 0 aliphatic heterocycles. The fraction of sp³-hybridized carbons (Fsp3) is 0.444. The van der Waals surface area contributed by atoms with Crippen LogP contribution in [-0.2, 0) is 0 Å². The van der Waals surface area contributed by atoms with Gasteiger partial charge in [0.1, 0.15) is 10.9 Å². The van der Waals surface area contributed by atoms with Crippen molar-refractivity contribution in [1.82, 2.24) is 9.97 Å². The van der Waals surface area contributed by atoms with Crippen LogP contribution in [0, 0.1) is 0 Å². The number of hydrogen-bond donors (Lipinski definition) is 2. The number of anilines is 1. The summed E-state index contributed by atoms with van der Waals surface area (Å²) in [5.41, 5.74) is 1.20. The van der Waals surface area contributed by atoms with Crippen LogP contribution in [0.4, 0.5) is 14.5 Å². The standard InChI is InChI=1S/C18H20ClF2N3O2/c1-18(25)5-2-11(3-6-18)24-15-9-16(19)23-10-13(15)14-8-12(4-7-22-14)26-17(20)21/h4,7-11,17,25H,2-3,5-6H2,1H3,(H,23,24). The number of halogens is 3. The van der Waals surface area contributed by atoms with E-state index in [4.69, 9.17) is 11.6 Å². The van der Waals surface area contributed by atoms with Crippen molar-refractivity contribution in [2.75, 3.05) is 5.32 Å². The first-order valence-corrected chi connectivity index (χ1v) is 8.76. The van der Waals surface area contributed by atoms with E-state index in [9.17, 15) is 13.9 Å². The lowest BCUT2D eigenvalue weighted by Crippen LogP contribution is -2.35. The number of hydrogen-bond acceptors (Lipinski definition) is 5. The van der Waals surface area contributed by atoms with Crippen LogP contribution in [0.25, 0.3) is 11.3 Å². The number of ether oxygens (including phenoxy) is 1. The van der Waals surface area contributed by atoms with Gasteiger partial charge in [0.25, 0.3) is 0 Å². The fourth-order valence-corrected chi connectivity index (χ4v) is 3.25. The molecule has 0 aromatic carbocycles. The Bertz CT molecular complexity index is 764. The first-order chi connectivity index (χ1) is 12.3. The molecule has 0 spiro atoms. The molecule has 2 N–H and O–H groups in total. The molecule has 2 heterocycles. The molecule has 1 saturated carbocycles. The van der Waals surface area contributed by atoms with Gasteiger partial charge in [-0.3, -0.25) is 4.98 Å². The van der Waals surface area contributed by atoms with Crippen LogP contribution in [0.3, 0.4) is 0 Å². The minimum atomic E-state index is -2.90. The van der Waals surface area contributed by atoms with Crippen LogP contribution < -0.4 is 10.1 Å². The van der Waals surface area contributed by atoms with Crippen molar-refractivity contribution in [3.63, 3.8) is 0 Å². The number of aromatic nitrogens is 2. The summed E-state index contributed by atoms with van der Waals surface area (Å²) < 4.78 is 29.4. The van der Waals surface area contributed by atoms with Crippen LogP contribution in [-0.4, -0.2) is 33.3 Å². The molecule has 8 heteroatoms. The van der Waals surface area contributed by atoms with Gasteiger partial charge in [0.15, 0.2) is 0 Å². The summed E-state index contributed by atoms with van der Waals surface area (Å²) in [7, 11) is 0. The monoisotopic (exact) mass is 383 g/mol. The van der Waals surface area contributed by atoms with Crippen LogP contribution in [0.15, 0.2) is 30.6 Å². The molecule has 26 heavy (non-hydrogen) atoms. The first kappa shape index (κ1) is 18.8. The zero-order valence-corrected chi connectivity index (χ0v) is 15.0. The van der Waals surface area contributed by atoms with E-state index in [2.05, 4.69) is 20.0 Å². The lowest BCUT2D eigenvalue weighted by molar-refractivity contribution is -0.0498. The normalized spacial score (nSPS) is 23.1. The Kier molecular flexibility index (Phi) is 5.58. The largest absolute Gasteiger partial charge is 0.435 e. The van der Waals surface area contributed by atoms with Crippen molar-refractivity contribution in [1.29, 1.82) is 0 Å². The summed E-state index contributed by atoms with van der Waals surface area (Å²) in [6, 6.07) is 4.67. The Hall–Kier alpha value is -1.99. The third-order valence-corrected chi connectivity index (χ3v) is 4.73. The van der Waals surface area contributed by atoms with Crippen molar-refractivity contribution in [3.8, 4) is 17.0 Å². The minimum Gasteiger partial charge on any atom is -0.435 e. The van der Waals surface area contributed by atoms with Gasteiger partial charge in [-0.1, -0.05) is 11.6 Å². The smallest absolute Gasteiger partial charge is 0.387 e. The van der Waals surface area contributed by atoms with Crippen molar-refractivity contribution in [3.05, 3.63) is 35.7 Å². The summed E-state index contributed by atoms with van der Waals surface area (Å²) in [5.74, 6) is 0.0274. The van der Waals surface area contributed by atoms with E-state index in [0.29, 0.717) is 29.3 Å². The number of aliphatic hydroxyl groups is 1. The van der Waals surface area contributed by atoms with Gasteiger partial charge in [-0.15, -0.1) is 0 Å². The zero-order valence-electron chi connectivity index (χ0n) is 14.3. The summed E-state index contributed by atoms with van der Waals surface area (Å²) in [6.07, 6.45) is 5.99. The number of pyridine rings is 2. The van der Waals surface area contributed by atoms with E-state index in [-0.39, 0.29) is 11.8 Å². The van der Waals surface area contributed by atoms with E-state index in [1.54, 1.807) is 12.3 Å². The highest BCUT2D eigenvalue weighted by Crippen LogP contribution is 2.34. The lowest BCUT2D eigenvalue weighted by Gasteiger charge is -2.34. The van der Waals surface area contributed by atoms with Crippen molar-refractivity contribution in [2.24, 2.45) is 0 Å². The lowest BCUT2D eigenvalue weighted by atomic mass is 9.83. The molecule has 0 unspecified atom stereocenters. The SMILES string of the molecule is CC1(O)CCC(Nc2cc(Cl)ncc2-c2cc(OC(F)F)ccn2)CC1. The highest BCUT2D eigenvalue weighted by Gasteiger charge is 2.29. The molecule has 140 valence electrons.